The Morgan fingerprint density at radius 1 is 1.11 bits per heavy atom. The van der Waals surface area contributed by atoms with Gasteiger partial charge in [0.1, 0.15) is 0 Å². The van der Waals surface area contributed by atoms with Crippen molar-refractivity contribution in [2.24, 2.45) is 11.8 Å². The Hall–Kier alpha value is -0.535. The quantitative estimate of drug-likeness (QED) is 0.351. The van der Waals surface area contributed by atoms with Crippen LogP contribution in [0.3, 0.4) is 0 Å². The van der Waals surface area contributed by atoms with Crippen LogP contribution in [0.1, 0.15) is 46.0 Å². The van der Waals surface area contributed by atoms with Crippen LogP contribution in [0.4, 0.5) is 0 Å². The lowest BCUT2D eigenvalue weighted by atomic mass is 9.72. The molecule has 2 unspecified atom stereocenters. The molecule has 0 saturated carbocycles. The second kappa shape index (κ2) is 7.15. The van der Waals surface area contributed by atoms with E-state index >= 15 is 0 Å². The third-order valence-electron chi connectivity index (χ3n) is 3.76. The molecule has 18 heavy (non-hydrogen) atoms. The zero-order valence-electron chi connectivity index (χ0n) is 11.7. The normalized spacial score (nSPS) is 24.7. The average molecular weight is 248 g/mol. The van der Waals surface area contributed by atoms with E-state index in [1.165, 1.54) is 24.7 Å². The van der Waals surface area contributed by atoms with Crippen molar-refractivity contribution >= 4 is 7.12 Å². The van der Waals surface area contributed by atoms with E-state index in [4.69, 9.17) is 9.31 Å². The molecule has 0 fully saturated rings. The van der Waals surface area contributed by atoms with E-state index in [0.717, 1.165) is 26.1 Å². The molecule has 0 amide bonds. The molecule has 0 aliphatic heterocycles. The van der Waals surface area contributed by atoms with Crippen LogP contribution in [0.25, 0.3) is 0 Å². The monoisotopic (exact) mass is 248 g/mol. The van der Waals surface area contributed by atoms with E-state index < -0.39 is 0 Å². The second-order valence-corrected chi connectivity index (χ2v) is 5.34. The lowest BCUT2D eigenvalue weighted by Gasteiger charge is -2.19. The average Bonchev–Trinajstić information content (AvgIpc) is 2.99. The van der Waals surface area contributed by atoms with Crippen molar-refractivity contribution in [3.05, 3.63) is 23.7 Å². The number of hydrogen-bond donors (Lipinski definition) is 0. The van der Waals surface area contributed by atoms with Gasteiger partial charge in [0.05, 0.1) is 0 Å². The van der Waals surface area contributed by atoms with Gasteiger partial charge >= 0.3 is 7.12 Å². The second-order valence-electron chi connectivity index (χ2n) is 5.34. The Morgan fingerprint density at radius 3 is 2.22 bits per heavy atom. The summed E-state index contributed by atoms with van der Waals surface area (Å²) in [6.45, 7) is 6.00. The summed E-state index contributed by atoms with van der Waals surface area (Å²) in [6, 6.07) is 0. The number of fused-ring (bicyclic) bond motifs is 2. The lowest BCUT2D eigenvalue weighted by molar-refractivity contribution is 0.197. The summed E-state index contributed by atoms with van der Waals surface area (Å²) in [6.07, 6.45) is 12.8. The van der Waals surface area contributed by atoms with Gasteiger partial charge < -0.3 is 9.31 Å². The van der Waals surface area contributed by atoms with Gasteiger partial charge in [0.2, 0.25) is 0 Å². The van der Waals surface area contributed by atoms with E-state index in [1.54, 1.807) is 0 Å². The van der Waals surface area contributed by atoms with Crippen LogP contribution in [-0.2, 0) is 9.31 Å². The summed E-state index contributed by atoms with van der Waals surface area (Å²) in [5.41, 5.74) is 1.37. The molecule has 2 aliphatic rings. The van der Waals surface area contributed by atoms with Gasteiger partial charge in [-0.25, -0.2) is 0 Å². The van der Waals surface area contributed by atoms with Gasteiger partial charge in [0, 0.05) is 13.2 Å². The largest absolute Gasteiger partial charge is 0.489 e. The van der Waals surface area contributed by atoms with E-state index in [-0.39, 0.29) is 7.12 Å². The van der Waals surface area contributed by atoms with Crippen molar-refractivity contribution in [1.82, 2.24) is 0 Å². The Labute approximate surface area is 112 Å². The maximum Gasteiger partial charge on any atom is 0.489 e. The van der Waals surface area contributed by atoms with Crippen molar-refractivity contribution < 1.29 is 9.31 Å². The summed E-state index contributed by atoms with van der Waals surface area (Å²) in [5, 5.41) is 0. The van der Waals surface area contributed by atoms with Crippen molar-refractivity contribution in [2.75, 3.05) is 13.2 Å². The maximum atomic E-state index is 5.94. The highest BCUT2D eigenvalue weighted by Gasteiger charge is 2.37. The Kier molecular flexibility index (Phi) is 5.52. The van der Waals surface area contributed by atoms with Gasteiger partial charge in [-0.1, -0.05) is 44.9 Å². The maximum absolute atomic E-state index is 5.94. The van der Waals surface area contributed by atoms with Crippen molar-refractivity contribution in [3.8, 4) is 0 Å². The molecule has 0 aromatic rings. The third kappa shape index (κ3) is 3.49. The fourth-order valence-corrected chi connectivity index (χ4v) is 2.63. The summed E-state index contributed by atoms with van der Waals surface area (Å²) >= 11 is 0. The molecule has 0 N–H and O–H groups in total. The van der Waals surface area contributed by atoms with Crippen molar-refractivity contribution in [2.45, 2.75) is 46.0 Å². The number of allylic oxidation sites excluding steroid dienone is 4. The van der Waals surface area contributed by atoms with Gasteiger partial charge in [-0.05, 0) is 36.6 Å². The zero-order valence-corrected chi connectivity index (χ0v) is 11.7. The summed E-state index contributed by atoms with van der Waals surface area (Å²) in [4.78, 5) is 0. The predicted molar refractivity (Wildman–Crippen MR) is 76.3 cm³/mol. The molecule has 0 saturated heterocycles. The Bertz CT molecular complexity index is 302. The molecule has 3 heteroatoms. The van der Waals surface area contributed by atoms with Crippen LogP contribution in [0.2, 0.25) is 0 Å². The van der Waals surface area contributed by atoms with Crippen molar-refractivity contribution in [3.63, 3.8) is 0 Å². The van der Waals surface area contributed by atoms with Gasteiger partial charge in [-0.2, -0.15) is 0 Å². The van der Waals surface area contributed by atoms with Gasteiger partial charge in [-0.3, -0.25) is 0 Å². The fraction of sp³-hybridized carbons (Fsp3) is 0.733. The standard InChI is InChI=1S/C15H25BO2/c1-3-5-9-17-16(18-10-6-4-2)15-12-13-7-8-14(15)11-13/h7-8,12-14H,3-6,9-11H2,1-2H3. The predicted octanol–water partition coefficient (Wildman–Crippen LogP) is 3.78. The van der Waals surface area contributed by atoms with Gasteiger partial charge in [-0.15, -0.1) is 0 Å². The van der Waals surface area contributed by atoms with E-state index in [9.17, 15) is 0 Å². The molecule has 100 valence electrons. The summed E-state index contributed by atoms with van der Waals surface area (Å²) in [7, 11) is -0.0944. The van der Waals surface area contributed by atoms with Crippen LogP contribution in [0.15, 0.2) is 23.7 Å². The minimum Gasteiger partial charge on any atom is -0.407 e. The zero-order chi connectivity index (χ0) is 12.8. The van der Waals surface area contributed by atoms with Crippen LogP contribution < -0.4 is 0 Å². The number of unbranched alkanes of at least 4 members (excludes halogenated alkanes) is 2. The first-order valence-electron chi connectivity index (χ1n) is 7.48. The lowest BCUT2D eigenvalue weighted by Crippen LogP contribution is -2.29. The highest BCUT2D eigenvalue weighted by molar-refractivity contribution is 6.54. The van der Waals surface area contributed by atoms with Crippen LogP contribution >= 0.6 is 0 Å². The van der Waals surface area contributed by atoms with Gasteiger partial charge in [0.15, 0.2) is 0 Å². The molecule has 0 aromatic carbocycles. The minimum atomic E-state index is -0.0944. The molecule has 2 nitrogen and oxygen atoms in total. The molecule has 2 bridgehead atoms. The smallest absolute Gasteiger partial charge is 0.407 e. The Balaban J connectivity index is 1.85. The molecule has 0 heterocycles. The molecule has 0 aromatic heterocycles. The molecule has 0 radical (unpaired) electrons. The van der Waals surface area contributed by atoms with E-state index in [2.05, 4.69) is 32.1 Å². The molecule has 2 atom stereocenters. The summed E-state index contributed by atoms with van der Waals surface area (Å²) in [5.74, 6) is 1.21. The SMILES string of the molecule is CCCCOB(OCCCC)C1=CC2C=CC1C2. The van der Waals surface area contributed by atoms with Crippen molar-refractivity contribution in [1.29, 1.82) is 0 Å². The fourth-order valence-electron chi connectivity index (χ4n) is 2.63. The molecular weight excluding hydrogens is 223 g/mol. The minimum absolute atomic E-state index is 0.0944. The molecule has 0 spiro atoms. The molecule has 2 rings (SSSR count). The topological polar surface area (TPSA) is 18.5 Å². The van der Waals surface area contributed by atoms with Gasteiger partial charge in [0.25, 0.3) is 0 Å². The summed E-state index contributed by atoms with van der Waals surface area (Å²) < 4.78 is 11.9. The molecular formula is C15H25BO2. The third-order valence-corrected chi connectivity index (χ3v) is 3.76. The van der Waals surface area contributed by atoms with Crippen LogP contribution in [0.5, 0.6) is 0 Å². The number of rotatable bonds is 9. The molecule has 2 aliphatic carbocycles. The van der Waals surface area contributed by atoms with E-state index in [1.807, 2.05) is 0 Å². The highest BCUT2D eigenvalue weighted by atomic mass is 16.6. The first kappa shape index (κ1) is 13.9. The Morgan fingerprint density at radius 2 is 1.78 bits per heavy atom. The first-order valence-corrected chi connectivity index (χ1v) is 7.48. The highest BCUT2D eigenvalue weighted by Crippen LogP contribution is 2.39. The van der Waals surface area contributed by atoms with Crippen LogP contribution in [0, 0.1) is 11.8 Å². The van der Waals surface area contributed by atoms with E-state index in [0.29, 0.717) is 11.8 Å². The number of hydrogen-bond acceptors (Lipinski definition) is 2. The van der Waals surface area contributed by atoms with Crippen LogP contribution in [-0.4, -0.2) is 20.3 Å². The first-order chi connectivity index (χ1) is 8.85.